The molecule has 0 unspecified atom stereocenters. The molecule has 2 bridgehead atoms. The van der Waals surface area contributed by atoms with Crippen LogP contribution in [0.3, 0.4) is 0 Å². The molecule has 3 nitrogen and oxygen atoms in total. The first kappa shape index (κ1) is 7.80. The summed E-state index contributed by atoms with van der Waals surface area (Å²) < 4.78 is 0. The lowest BCUT2D eigenvalue weighted by molar-refractivity contribution is -0.125. The minimum Gasteiger partial charge on any atom is -0.354 e. The Morgan fingerprint density at radius 3 is 2.77 bits per heavy atom. The molecule has 0 spiro atoms. The SMILES string of the molecule is O=C1NC[C@H]2C[C@H]1CN2C1CCC1. The monoisotopic (exact) mass is 180 g/mol. The van der Waals surface area contributed by atoms with Crippen molar-refractivity contribution in [2.24, 2.45) is 5.92 Å². The molecule has 0 aromatic heterocycles. The molecule has 1 amide bonds. The normalized spacial score (nSPS) is 40.2. The molecule has 3 rings (SSSR count). The first-order valence-corrected chi connectivity index (χ1v) is 5.38. The van der Waals surface area contributed by atoms with Gasteiger partial charge in [-0.2, -0.15) is 0 Å². The minimum atomic E-state index is 0.290. The second-order valence-electron chi connectivity index (χ2n) is 4.61. The fraction of sp³-hybridized carbons (Fsp3) is 0.900. The van der Waals surface area contributed by atoms with Gasteiger partial charge in [0.2, 0.25) is 5.91 Å². The third kappa shape index (κ3) is 1.10. The molecule has 3 aliphatic rings. The summed E-state index contributed by atoms with van der Waals surface area (Å²) in [7, 11) is 0. The van der Waals surface area contributed by atoms with E-state index in [0.717, 1.165) is 25.6 Å². The van der Waals surface area contributed by atoms with E-state index < -0.39 is 0 Å². The zero-order valence-corrected chi connectivity index (χ0v) is 7.83. The van der Waals surface area contributed by atoms with Crippen LogP contribution < -0.4 is 5.32 Å². The minimum absolute atomic E-state index is 0.290. The Kier molecular flexibility index (Phi) is 1.62. The molecular weight excluding hydrogens is 164 g/mol. The largest absolute Gasteiger partial charge is 0.354 e. The number of hydrogen-bond donors (Lipinski definition) is 1. The van der Waals surface area contributed by atoms with Crippen molar-refractivity contribution in [2.45, 2.75) is 37.8 Å². The second-order valence-corrected chi connectivity index (χ2v) is 4.61. The molecule has 2 aliphatic heterocycles. The van der Waals surface area contributed by atoms with Gasteiger partial charge in [-0.15, -0.1) is 0 Å². The van der Waals surface area contributed by atoms with E-state index in [9.17, 15) is 4.79 Å². The smallest absolute Gasteiger partial charge is 0.224 e. The fourth-order valence-electron chi connectivity index (χ4n) is 2.86. The Labute approximate surface area is 78.5 Å². The molecule has 1 saturated carbocycles. The number of rotatable bonds is 1. The molecular formula is C10H16N2O. The maximum absolute atomic E-state index is 11.4. The van der Waals surface area contributed by atoms with Crippen molar-refractivity contribution in [2.75, 3.05) is 13.1 Å². The van der Waals surface area contributed by atoms with Crippen LogP contribution in [0.1, 0.15) is 25.7 Å². The molecule has 2 saturated heterocycles. The standard InChI is InChI=1S/C10H16N2O/c13-10-7-4-9(5-11-10)12(6-7)8-2-1-3-8/h7-9H,1-6H2,(H,11,13)/t7-,9+/m0/s1. The Morgan fingerprint density at radius 1 is 1.31 bits per heavy atom. The van der Waals surface area contributed by atoms with Crippen molar-refractivity contribution in [1.82, 2.24) is 10.2 Å². The number of amides is 1. The molecule has 2 atom stereocenters. The summed E-state index contributed by atoms with van der Waals surface area (Å²) in [5, 5.41) is 3.00. The van der Waals surface area contributed by atoms with Gasteiger partial charge >= 0.3 is 0 Å². The van der Waals surface area contributed by atoms with E-state index >= 15 is 0 Å². The third-order valence-corrected chi connectivity index (χ3v) is 3.88. The van der Waals surface area contributed by atoms with E-state index in [1.54, 1.807) is 0 Å². The quantitative estimate of drug-likeness (QED) is 0.632. The van der Waals surface area contributed by atoms with Crippen molar-refractivity contribution < 1.29 is 4.79 Å². The van der Waals surface area contributed by atoms with E-state index in [2.05, 4.69) is 10.2 Å². The highest BCUT2D eigenvalue weighted by molar-refractivity contribution is 5.80. The first-order chi connectivity index (χ1) is 6.34. The van der Waals surface area contributed by atoms with Crippen LogP contribution in [-0.2, 0) is 4.79 Å². The molecule has 1 aliphatic carbocycles. The van der Waals surface area contributed by atoms with Gasteiger partial charge in [0.25, 0.3) is 0 Å². The molecule has 72 valence electrons. The summed E-state index contributed by atoms with van der Waals surface area (Å²) in [5.74, 6) is 0.595. The molecule has 3 fully saturated rings. The summed E-state index contributed by atoms with van der Waals surface area (Å²) in [4.78, 5) is 14.0. The highest BCUT2D eigenvalue weighted by Gasteiger charge is 2.43. The van der Waals surface area contributed by atoms with Crippen molar-refractivity contribution in [3.8, 4) is 0 Å². The van der Waals surface area contributed by atoms with Crippen LogP contribution in [0.4, 0.5) is 0 Å². The molecule has 0 radical (unpaired) electrons. The van der Waals surface area contributed by atoms with Crippen LogP contribution in [0.5, 0.6) is 0 Å². The molecule has 13 heavy (non-hydrogen) atoms. The molecule has 0 aromatic carbocycles. The van der Waals surface area contributed by atoms with Crippen LogP contribution in [0.25, 0.3) is 0 Å². The van der Waals surface area contributed by atoms with Gasteiger partial charge in [-0.3, -0.25) is 9.69 Å². The Hall–Kier alpha value is -0.570. The lowest BCUT2D eigenvalue weighted by Crippen LogP contribution is -2.47. The van der Waals surface area contributed by atoms with E-state index in [0.29, 0.717) is 12.0 Å². The molecule has 2 heterocycles. The van der Waals surface area contributed by atoms with Crippen molar-refractivity contribution in [1.29, 1.82) is 0 Å². The molecule has 3 heteroatoms. The van der Waals surface area contributed by atoms with Crippen molar-refractivity contribution in [3.05, 3.63) is 0 Å². The number of nitrogens with zero attached hydrogens (tertiary/aromatic N) is 1. The summed E-state index contributed by atoms with van der Waals surface area (Å²) >= 11 is 0. The second kappa shape index (κ2) is 2.71. The zero-order valence-electron chi connectivity index (χ0n) is 7.83. The van der Waals surface area contributed by atoms with Crippen LogP contribution >= 0.6 is 0 Å². The average Bonchev–Trinajstić information content (AvgIpc) is 2.36. The number of carbonyl (C=O) groups is 1. The maximum atomic E-state index is 11.4. The summed E-state index contributed by atoms with van der Waals surface area (Å²) in [6.45, 7) is 1.92. The zero-order chi connectivity index (χ0) is 8.84. The summed E-state index contributed by atoms with van der Waals surface area (Å²) in [5.41, 5.74) is 0. The van der Waals surface area contributed by atoms with Crippen molar-refractivity contribution >= 4 is 5.91 Å². The average molecular weight is 180 g/mol. The maximum Gasteiger partial charge on any atom is 0.224 e. The number of nitrogens with one attached hydrogen (secondary N) is 1. The number of carbonyl (C=O) groups excluding carboxylic acids is 1. The molecule has 0 aromatic rings. The van der Waals surface area contributed by atoms with E-state index in [4.69, 9.17) is 0 Å². The predicted molar refractivity (Wildman–Crippen MR) is 49.2 cm³/mol. The highest BCUT2D eigenvalue weighted by atomic mass is 16.2. The van der Waals surface area contributed by atoms with Crippen LogP contribution in [-0.4, -0.2) is 36.0 Å². The Bertz CT molecular complexity index is 237. The van der Waals surface area contributed by atoms with Gasteiger partial charge < -0.3 is 5.32 Å². The van der Waals surface area contributed by atoms with Crippen LogP contribution in [0, 0.1) is 5.92 Å². The third-order valence-electron chi connectivity index (χ3n) is 3.88. The lowest BCUT2D eigenvalue weighted by Gasteiger charge is -2.38. The first-order valence-electron chi connectivity index (χ1n) is 5.38. The fourth-order valence-corrected chi connectivity index (χ4v) is 2.86. The number of likely N-dealkylation sites (tertiary alicyclic amines) is 1. The summed E-state index contributed by atoms with van der Waals surface area (Å²) in [6.07, 6.45) is 5.22. The molecule has 1 N–H and O–H groups in total. The van der Waals surface area contributed by atoms with Crippen molar-refractivity contribution in [3.63, 3.8) is 0 Å². The topological polar surface area (TPSA) is 32.3 Å². The number of piperidine rings is 1. The van der Waals surface area contributed by atoms with Crippen LogP contribution in [0.15, 0.2) is 0 Å². The van der Waals surface area contributed by atoms with E-state index in [-0.39, 0.29) is 5.91 Å². The van der Waals surface area contributed by atoms with E-state index in [1.165, 1.54) is 19.3 Å². The van der Waals surface area contributed by atoms with Gasteiger partial charge in [-0.25, -0.2) is 0 Å². The number of fused-ring (bicyclic) bond motifs is 2. The van der Waals surface area contributed by atoms with Gasteiger partial charge in [-0.1, -0.05) is 6.42 Å². The van der Waals surface area contributed by atoms with Gasteiger partial charge in [0.05, 0.1) is 5.92 Å². The Morgan fingerprint density at radius 2 is 2.15 bits per heavy atom. The van der Waals surface area contributed by atoms with E-state index in [1.807, 2.05) is 0 Å². The highest BCUT2D eigenvalue weighted by Crippen LogP contribution is 2.35. The van der Waals surface area contributed by atoms with Gasteiger partial charge in [0.15, 0.2) is 0 Å². The predicted octanol–water partition coefficient (Wildman–Crippen LogP) is 0.359. The van der Waals surface area contributed by atoms with Gasteiger partial charge in [0, 0.05) is 25.2 Å². The summed E-state index contributed by atoms with van der Waals surface area (Å²) in [6, 6.07) is 1.47. The lowest BCUT2D eigenvalue weighted by atomic mass is 9.91. The van der Waals surface area contributed by atoms with Gasteiger partial charge in [0.1, 0.15) is 0 Å². The number of hydrogen-bond acceptors (Lipinski definition) is 2. The Balaban J connectivity index is 1.74. The van der Waals surface area contributed by atoms with Gasteiger partial charge in [-0.05, 0) is 19.3 Å². The van der Waals surface area contributed by atoms with Crippen LogP contribution in [0.2, 0.25) is 0 Å².